The lowest BCUT2D eigenvalue weighted by Gasteiger charge is -2.17. The predicted octanol–water partition coefficient (Wildman–Crippen LogP) is 2.72. The summed E-state index contributed by atoms with van der Waals surface area (Å²) in [5, 5.41) is 9.39. The van der Waals surface area contributed by atoms with Gasteiger partial charge in [0.25, 0.3) is 5.91 Å². The highest BCUT2D eigenvalue weighted by molar-refractivity contribution is 6.26. The zero-order valence-electron chi connectivity index (χ0n) is 12.4. The lowest BCUT2D eigenvalue weighted by atomic mass is 9.96. The standard InChI is InChI=1S/C18H13N3O2/c1-23-14-8-6-12(7-9-14)10-13(11-19)17-20-16-5-3-2-4-15(16)18(22)21-17/h2-10,15H,1H3/b13-10+. The molecule has 5 heteroatoms. The van der Waals surface area contributed by atoms with Gasteiger partial charge in [-0.05, 0) is 29.8 Å². The molecule has 23 heavy (non-hydrogen) atoms. The summed E-state index contributed by atoms with van der Waals surface area (Å²) < 4.78 is 5.10. The molecule has 0 fully saturated rings. The van der Waals surface area contributed by atoms with E-state index in [1.54, 1.807) is 43.5 Å². The average molecular weight is 303 g/mol. The number of carbonyl (C=O) groups is 1. The molecule has 5 nitrogen and oxygen atoms in total. The first-order valence-corrected chi connectivity index (χ1v) is 7.03. The average Bonchev–Trinajstić information content (AvgIpc) is 2.60. The van der Waals surface area contributed by atoms with Crippen molar-refractivity contribution in [2.24, 2.45) is 15.9 Å². The van der Waals surface area contributed by atoms with E-state index in [1.807, 2.05) is 18.2 Å². The highest BCUT2D eigenvalue weighted by Gasteiger charge is 2.27. The molecule has 1 aliphatic carbocycles. The molecule has 0 saturated heterocycles. The Morgan fingerprint density at radius 1 is 1.26 bits per heavy atom. The van der Waals surface area contributed by atoms with E-state index in [2.05, 4.69) is 16.1 Å². The molecule has 1 atom stereocenters. The maximum absolute atomic E-state index is 12.1. The van der Waals surface area contributed by atoms with Gasteiger partial charge in [-0.15, -0.1) is 0 Å². The summed E-state index contributed by atoms with van der Waals surface area (Å²) in [6.07, 6.45) is 8.77. The predicted molar refractivity (Wildman–Crippen MR) is 88.2 cm³/mol. The van der Waals surface area contributed by atoms with Crippen LogP contribution in [0.2, 0.25) is 0 Å². The normalized spacial score (nSPS) is 19.6. The minimum Gasteiger partial charge on any atom is -0.497 e. The number of nitriles is 1. The third-order valence-electron chi connectivity index (χ3n) is 3.51. The number of fused-ring (bicyclic) bond motifs is 1. The number of allylic oxidation sites excluding steroid dienone is 3. The summed E-state index contributed by atoms with van der Waals surface area (Å²) in [4.78, 5) is 20.4. The molecule has 0 spiro atoms. The monoisotopic (exact) mass is 303 g/mol. The summed E-state index contributed by atoms with van der Waals surface area (Å²) in [6, 6.07) is 9.30. The lowest BCUT2D eigenvalue weighted by Crippen LogP contribution is -2.27. The Morgan fingerprint density at radius 3 is 2.74 bits per heavy atom. The van der Waals surface area contributed by atoms with Gasteiger partial charge < -0.3 is 4.74 Å². The van der Waals surface area contributed by atoms with Crippen LogP contribution in [0.25, 0.3) is 6.08 Å². The number of nitrogens with zero attached hydrogens (tertiary/aromatic N) is 3. The minimum atomic E-state index is -0.440. The fourth-order valence-electron chi connectivity index (χ4n) is 2.30. The number of benzene rings is 1. The molecule has 112 valence electrons. The third kappa shape index (κ3) is 3.01. The molecule has 1 heterocycles. The van der Waals surface area contributed by atoms with Crippen LogP contribution >= 0.6 is 0 Å². The van der Waals surface area contributed by atoms with E-state index in [9.17, 15) is 10.1 Å². The number of hydrogen-bond donors (Lipinski definition) is 0. The zero-order valence-corrected chi connectivity index (χ0v) is 12.4. The molecule has 1 aromatic carbocycles. The third-order valence-corrected chi connectivity index (χ3v) is 3.51. The smallest absolute Gasteiger partial charge is 0.260 e. The Hall–Kier alpha value is -3.26. The first-order valence-electron chi connectivity index (χ1n) is 7.03. The summed E-state index contributed by atoms with van der Waals surface area (Å²) in [5.74, 6) is 0.138. The second-order valence-corrected chi connectivity index (χ2v) is 4.97. The number of aliphatic imine (C=N–C) groups is 2. The lowest BCUT2D eigenvalue weighted by molar-refractivity contribution is -0.118. The first kappa shape index (κ1) is 14.7. The Bertz CT molecular complexity index is 834. The summed E-state index contributed by atoms with van der Waals surface area (Å²) in [6.45, 7) is 0. The second kappa shape index (κ2) is 6.24. The SMILES string of the molecule is COc1ccc(/C=C(\C#N)C2=NC(=O)C3C=CC=CC3=N2)cc1. The van der Waals surface area contributed by atoms with Crippen LogP contribution in [0, 0.1) is 17.2 Å². The van der Waals surface area contributed by atoms with Crippen molar-refractivity contribution in [2.75, 3.05) is 7.11 Å². The first-order chi connectivity index (χ1) is 11.2. The Labute approximate surface area is 133 Å². The van der Waals surface area contributed by atoms with Crippen LogP contribution in [-0.4, -0.2) is 24.6 Å². The van der Waals surface area contributed by atoms with Crippen LogP contribution in [0.4, 0.5) is 0 Å². The van der Waals surface area contributed by atoms with E-state index in [-0.39, 0.29) is 17.3 Å². The van der Waals surface area contributed by atoms with Crippen LogP contribution in [-0.2, 0) is 4.79 Å². The molecule has 1 aliphatic heterocycles. The van der Waals surface area contributed by atoms with Gasteiger partial charge >= 0.3 is 0 Å². The topological polar surface area (TPSA) is 74.8 Å². The molecule has 1 aromatic rings. The van der Waals surface area contributed by atoms with E-state index in [0.717, 1.165) is 11.3 Å². The van der Waals surface area contributed by atoms with Gasteiger partial charge in [0.05, 0.1) is 18.4 Å². The van der Waals surface area contributed by atoms with E-state index in [4.69, 9.17) is 4.74 Å². The van der Waals surface area contributed by atoms with Gasteiger partial charge in [0.2, 0.25) is 0 Å². The molecular weight excluding hydrogens is 290 g/mol. The molecule has 1 unspecified atom stereocenters. The molecule has 3 rings (SSSR count). The number of methoxy groups -OCH3 is 1. The number of hydrogen-bond acceptors (Lipinski definition) is 4. The van der Waals surface area contributed by atoms with Crippen molar-refractivity contribution in [3.8, 4) is 11.8 Å². The molecule has 2 aliphatic rings. The van der Waals surface area contributed by atoms with Crippen LogP contribution in [0.3, 0.4) is 0 Å². The largest absolute Gasteiger partial charge is 0.497 e. The highest BCUT2D eigenvalue weighted by atomic mass is 16.5. The van der Waals surface area contributed by atoms with Gasteiger partial charge in [0, 0.05) is 0 Å². The van der Waals surface area contributed by atoms with E-state index in [0.29, 0.717) is 5.71 Å². The molecule has 1 amide bonds. The van der Waals surface area contributed by atoms with Gasteiger partial charge in [-0.1, -0.05) is 30.4 Å². The number of amidine groups is 1. The maximum Gasteiger partial charge on any atom is 0.260 e. The van der Waals surface area contributed by atoms with Crippen LogP contribution in [0.5, 0.6) is 5.75 Å². The summed E-state index contributed by atoms with van der Waals surface area (Å²) >= 11 is 0. The number of carbonyl (C=O) groups excluding carboxylic acids is 1. The molecular formula is C18H13N3O2. The molecule has 0 aromatic heterocycles. The fourth-order valence-corrected chi connectivity index (χ4v) is 2.30. The van der Waals surface area contributed by atoms with Crippen molar-refractivity contribution in [1.82, 2.24) is 0 Å². The van der Waals surface area contributed by atoms with Crippen molar-refractivity contribution >= 4 is 23.5 Å². The molecule has 0 N–H and O–H groups in total. The summed E-state index contributed by atoms with van der Waals surface area (Å²) in [5.41, 5.74) is 1.66. The van der Waals surface area contributed by atoms with Crippen molar-refractivity contribution in [3.63, 3.8) is 0 Å². The number of rotatable bonds is 3. The van der Waals surface area contributed by atoms with Gasteiger partial charge in [-0.3, -0.25) is 4.79 Å². The van der Waals surface area contributed by atoms with Gasteiger partial charge in [0.1, 0.15) is 17.7 Å². The van der Waals surface area contributed by atoms with Crippen LogP contribution in [0.1, 0.15) is 5.56 Å². The Morgan fingerprint density at radius 2 is 2.04 bits per heavy atom. The van der Waals surface area contributed by atoms with Crippen molar-refractivity contribution in [3.05, 3.63) is 59.7 Å². The van der Waals surface area contributed by atoms with Crippen molar-refractivity contribution < 1.29 is 9.53 Å². The van der Waals surface area contributed by atoms with Crippen molar-refractivity contribution in [1.29, 1.82) is 5.26 Å². The van der Waals surface area contributed by atoms with E-state index < -0.39 is 5.92 Å². The second-order valence-electron chi connectivity index (χ2n) is 4.97. The minimum absolute atomic E-state index is 0.152. The number of ether oxygens (including phenoxy) is 1. The summed E-state index contributed by atoms with van der Waals surface area (Å²) in [7, 11) is 1.59. The molecule has 0 bridgehead atoms. The van der Waals surface area contributed by atoms with Crippen LogP contribution in [0.15, 0.2) is 64.1 Å². The quantitative estimate of drug-likeness (QED) is 0.806. The highest BCUT2D eigenvalue weighted by Crippen LogP contribution is 2.20. The van der Waals surface area contributed by atoms with Gasteiger partial charge in [-0.2, -0.15) is 10.3 Å². The van der Waals surface area contributed by atoms with Crippen LogP contribution < -0.4 is 4.74 Å². The maximum atomic E-state index is 12.1. The van der Waals surface area contributed by atoms with Gasteiger partial charge in [0.15, 0.2) is 5.84 Å². The zero-order chi connectivity index (χ0) is 16.2. The molecule has 0 radical (unpaired) electrons. The van der Waals surface area contributed by atoms with E-state index >= 15 is 0 Å². The fraction of sp³-hybridized carbons (Fsp3) is 0.111. The Kier molecular flexibility index (Phi) is 3.98. The van der Waals surface area contributed by atoms with Crippen molar-refractivity contribution in [2.45, 2.75) is 0 Å². The number of amides is 1. The molecule has 0 saturated carbocycles. The van der Waals surface area contributed by atoms with Gasteiger partial charge in [-0.25, -0.2) is 4.99 Å². The Balaban J connectivity index is 1.95. The van der Waals surface area contributed by atoms with E-state index in [1.165, 1.54) is 0 Å².